The third-order valence-corrected chi connectivity index (χ3v) is 3.44. The number of nitrogens with two attached hydrogens (primary N) is 1. The third kappa shape index (κ3) is 3.00. The van der Waals surface area contributed by atoms with Crippen LogP contribution < -0.4 is 15.2 Å². The molecule has 1 aliphatic rings. The molecule has 0 fully saturated rings. The van der Waals surface area contributed by atoms with E-state index in [2.05, 4.69) is 0 Å². The zero-order valence-electron chi connectivity index (χ0n) is 11.8. The van der Waals surface area contributed by atoms with Gasteiger partial charge >= 0.3 is 0 Å². The van der Waals surface area contributed by atoms with Crippen molar-refractivity contribution < 1.29 is 13.9 Å². The van der Waals surface area contributed by atoms with E-state index in [4.69, 9.17) is 15.2 Å². The molecule has 1 aliphatic heterocycles. The van der Waals surface area contributed by atoms with Gasteiger partial charge in [0.25, 0.3) is 0 Å². The first kappa shape index (κ1) is 14.1. The number of halogens is 1. The van der Waals surface area contributed by atoms with Crippen molar-refractivity contribution in [3.05, 3.63) is 23.3 Å². The lowest BCUT2D eigenvalue weighted by molar-refractivity contribution is 0.217. The zero-order valence-corrected chi connectivity index (χ0v) is 11.8. The summed E-state index contributed by atoms with van der Waals surface area (Å²) in [5.41, 5.74) is 5.84. The van der Waals surface area contributed by atoms with Gasteiger partial charge in [0, 0.05) is 6.42 Å². The van der Waals surface area contributed by atoms with Crippen molar-refractivity contribution in [3.8, 4) is 11.5 Å². The van der Waals surface area contributed by atoms with Crippen molar-refractivity contribution in [2.75, 3.05) is 19.8 Å². The highest BCUT2D eigenvalue weighted by atomic mass is 19.1. The lowest BCUT2D eigenvalue weighted by atomic mass is 9.87. The second-order valence-electron chi connectivity index (χ2n) is 5.55. The average Bonchev–Trinajstić information content (AvgIpc) is 2.59. The summed E-state index contributed by atoms with van der Waals surface area (Å²) in [5, 5.41) is 0. The van der Waals surface area contributed by atoms with E-state index in [1.54, 1.807) is 19.9 Å². The molecule has 2 rings (SSSR count). The number of alkyl halides is 1. The van der Waals surface area contributed by atoms with Crippen LogP contribution in [0.1, 0.15) is 44.2 Å². The SMILES string of the molecule is CC(CN)c1cc2c(cc1C(C)(C)F)OCCCO2. The first-order valence-corrected chi connectivity index (χ1v) is 6.76. The van der Waals surface area contributed by atoms with Gasteiger partial charge in [-0.1, -0.05) is 6.92 Å². The largest absolute Gasteiger partial charge is 0.490 e. The number of benzene rings is 1. The summed E-state index contributed by atoms with van der Waals surface area (Å²) in [6.07, 6.45) is 0.838. The lowest BCUT2D eigenvalue weighted by Crippen LogP contribution is -2.18. The van der Waals surface area contributed by atoms with Gasteiger partial charge in [0.05, 0.1) is 13.2 Å². The summed E-state index contributed by atoms with van der Waals surface area (Å²) in [6, 6.07) is 3.65. The summed E-state index contributed by atoms with van der Waals surface area (Å²) in [4.78, 5) is 0. The zero-order chi connectivity index (χ0) is 14.0. The molecule has 1 aromatic carbocycles. The molecule has 0 aromatic heterocycles. The van der Waals surface area contributed by atoms with Crippen LogP contribution in [0.5, 0.6) is 11.5 Å². The number of hydrogen-bond donors (Lipinski definition) is 1. The van der Waals surface area contributed by atoms with Crippen LogP contribution in [-0.2, 0) is 5.67 Å². The first-order chi connectivity index (χ1) is 8.93. The fourth-order valence-electron chi connectivity index (χ4n) is 2.27. The van der Waals surface area contributed by atoms with Crippen LogP contribution >= 0.6 is 0 Å². The maximum absolute atomic E-state index is 14.4. The molecule has 2 N–H and O–H groups in total. The van der Waals surface area contributed by atoms with Gasteiger partial charge in [-0.15, -0.1) is 0 Å². The molecule has 0 saturated heterocycles. The molecule has 3 nitrogen and oxygen atoms in total. The fourth-order valence-corrected chi connectivity index (χ4v) is 2.27. The van der Waals surface area contributed by atoms with Crippen LogP contribution in [-0.4, -0.2) is 19.8 Å². The quantitative estimate of drug-likeness (QED) is 0.915. The molecular formula is C15H22FNO2. The van der Waals surface area contributed by atoms with Crippen molar-refractivity contribution in [2.45, 2.75) is 38.8 Å². The summed E-state index contributed by atoms with van der Waals surface area (Å²) in [5.74, 6) is 1.41. The molecule has 4 heteroatoms. The fraction of sp³-hybridized carbons (Fsp3) is 0.600. The molecule has 1 atom stereocenters. The van der Waals surface area contributed by atoms with Crippen molar-refractivity contribution >= 4 is 0 Å². The standard InChI is InChI=1S/C15H22FNO2/c1-10(9-17)11-7-13-14(19-6-4-5-18-13)8-12(11)15(2,3)16/h7-8,10H,4-6,9,17H2,1-3H3. The molecule has 1 aromatic rings. The number of fused-ring (bicyclic) bond motifs is 1. The maximum Gasteiger partial charge on any atom is 0.161 e. The highest BCUT2D eigenvalue weighted by Crippen LogP contribution is 2.40. The minimum absolute atomic E-state index is 0.0854. The van der Waals surface area contributed by atoms with E-state index in [0.717, 1.165) is 12.0 Å². The van der Waals surface area contributed by atoms with E-state index in [0.29, 0.717) is 36.8 Å². The smallest absolute Gasteiger partial charge is 0.161 e. The van der Waals surface area contributed by atoms with E-state index in [9.17, 15) is 4.39 Å². The molecular weight excluding hydrogens is 245 g/mol. The van der Waals surface area contributed by atoms with Gasteiger partial charge < -0.3 is 15.2 Å². The molecule has 1 unspecified atom stereocenters. The third-order valence-electron chi connectivity index (χ3n) is 3.44. The Morgan fingerprint density at radius 3 is 2.37 bits per heavy atom. The van der Waals surface area contributed by atoms with Crippen molar-refractivity contribution in [3.63, 3.8) is 0 Å². The van der Waals surface area contributed by atoms with Gasteiger partial charge in [0.1, 0.15) is 5.67 Å². The summed E-state index contributed by atoms with van der Waals surface area (Å²) >= 11 is 0. The monoisotopic (exact) mass is 267 g/mol. The Balaban J connectivity index is 2.54. The highest BCUT2D eigenvalue weighted by molar-refractivity contribution is 5.50. The second kappa shape index (κ2) is 5.37. The molecule has 0 aliphatic carbocycles. The Bertz CT molecular complexity index is 454. The van der Waals surface area contributed by atoms with Crippen LogP contribution in [0.2, 0.25) is 0 Å². The topological polar surface area (TPSA) is 44.5 Å². The predicted molar refractivity (Wildman–Crippen MR) is 73.7 cm³/mol. The van der Waals surface area contributed by atoms with Gasteiger partial charge in [0.2, 0.25) is 0 Å². The van der Waals surface area contributed by atoms with Gasteiger partial charge in [-0.3, -0.25) is 0 Å². The van der Waals surface area contributed by atoms with Crippen LogP contribution in [0, 0.1) is 0 Å². The molecule has 0 spiro atoms. The van der Waals surface area contributed by atoms with Crippen LogP contribution in [0.25, 0.3) is 0 Å². The van der Waals surface area contributed by atoms with Gasteiger partial charge in [-0.25, -0.2) is 4.39 Å². The Morgan fingerprint density at radius 1 is 1.26 bits per heavy atom. The molecule has 19 heavy (non-hydrogen) atoms. The second-order valence-corrected chi connectivity index (χ2v) is 5.55. The maximum atomic E-state index is 14.4. The van der Waals surface area contributed by atoms with Gasteiger partial charge in [-0.2, -0.15) is 0 Å². The van der Waals surface area contributed by atoms with Gasteiger partial charge in [0.15, 0.2) is 11.5 Å². The number of rotatable bonds is 3. The van der Waals surface area contributed by atoms with E-state index in [1.165, 1.54) is 0 Å². The Labute approximate surface area is 113 Å². The van der Waals surface area contributed by atoms with Crippen LogP contribution in [0.3, 0.4) is 0 Å². The Hall–Kier alpha value is -1.29. The minimum Gasteiger partial charge on any atom is -0.490 e. The normalized spacial score (nSPS) is 16.9. The summed E-state index contributed by atoms with van der Waals surface area (Å²) in [6.45, 7) is 6.81. The van der Waals surface area contributed by atoms with Gasteiger partial charge in [-0.05, 0) is 49.6 Å². The van der Waals surface area contributed by atoms with Crippen molar-refractivity contribution in [1.82, 2.24) is 0 Å². The minimum atomic E-state index is -1.43. The van der Waals surface area contributed by atoms with Crippen LogP contribution in [0.4, 0.5) is 4.39 Å². The molecule has 106 valence electrons. The van der Waals surface area contributed by atoms with E-state index >= 15 is 0 Å². The molecule has 0 bridgehead atoms. The first-order valence-electron chi connectivity index (χ1n) is 6.76. The average molecular weight is 267 g/mol. The van der Waals surface area contributed by atoms with E-state index < -0.39 is 5.67 Å². The Morgan fingerprint density at radius 2 is 1.84 bits per heavy atom. The number of ether oxygens (including phenoxy) is 2. The van der Waals surface area contributed by atoms with E-state index in [-0.39, 0.29) is 5.92 Å². The Kier molecular flexibility index (Phi) is 3.99. The molecule has 0 amide bonds. The summed E-state index contributed by atoms with van der Waals surface area (Å²) in [7, 11) is 0. The van der Waals surface area contributed by atoms with Crippen molar-refractivity contribution in [1.29, 1.82) is 0 Å². The number of hydrogen-bond acceptors (Lipinski definition) is 3. The highest BCUT2D eigenvalue weighted by Gasteiger charge is 2.27. The molecule has 0 radical (unpaired) electrons. The molecule has 1 heterocycles. The summed E-state index contributed by atoms with van der Waals surface area (Å²) < 4.78 is 25.7. The lowest BCUT2D eigenvalue weighted by Gasteiger charge is -2.24. The van der Waals surface area contributed by atoms with Crippen LogP contribution in [0.15, 0.2) is 12.1 Å². The molecule has 0 saturated carbocycles. The van der Waals surface area contributed by atoms with E-state index in [1.807, 2.05) is 13.0 Å². The van der Waals surface area contributed by atoms with Crippen molar-refractivity contribution in [2.24, 2.45) is 5.73 Å². The predicted octanol–water partition coefficient (Wildman–Crippen LogP) is 3.11.